The zero-order chi connectivity index (χ0) is 8.27. The minimum Gasteiger partial charge on any atom is -0.293 e. The molecule has 0 bridgehead atoms. The number of nitriles is 1. The Morgan fingerprint density at radius 2 is 2.27 bits per heavy atom. The van der Waals surface area contributed by atoms with Crippen LogP contribution in [0.3, 0.4) is 0 Å². The third-order valence-corrected chi connectivity index (χ3v) is 1.36. The van der Waals surface area contributed by atoms with Gasteiger partial charge in [0.05, 0.1) is 0 Å². The van der Waals surface area contributed by atoms with Crippen LogP contribution in [0.5, 0.6) is 0 Å². The molecule has 0 aliphatic rings. The van der Waals surface area contributed by atoms with Crippen LogP contribution >= 0.6 is 0 Å². The standard InChI is InChI=1S/C8H7FN2/c1-6-4-7(11-5-10)2-3-8(6)9/h2-4,11H,1H3. The quantitative estimate of drug-likeness (QED) is 0.491. The predicted octanol–water partition coefficient (Wildman–Crippen LogP) is 2.03. The lowest BCUT2D eigenvalue weighted by molar-refractivity contribution is 0.619. The van der Waals surface area contributed by atoms with Gasteiger partial charge in [-0.15, -0.1) is 0 Å². The maximum absolute atomic E-state index is 12.6. The molecule has 3 heteroatoms. The first-order valence-electron chi connectivity index (χ1n) is 3.15. The van der Waals surface area contributed by atoms with Crippen molar-refractivity contribution in [3.05, 3.63) is 29.6 Å². The monoisotopic (exact) mass is 150 g/mol. The van der Waals surface area contributed by atoms with Crippen LogP contribution < -0.4 is 5.32 Å². The lowest BCUT2D eigenvalue weighted by Gasteiger charge is -1.98. The Morgan fingerprint density at radius 3 is 2.82 bits per heavy atom. The summed E-state index contributed by atoms with van der Waals surface area (Å²) < 4.78 is 12.6. The molecule has 0 aliphatic heterocycles. The number of nitrogens with one attached hydrogen (secondary N) is 1. The van der Waals surface area contributed by atoms with Gasteiger partial charge in [-0.25, -0.2) is 4.39 Å². The molecule has 0 saturated carbocycles. The summed E-state index contributed by atoms with van der Waals surface area (Å²) in [6, 6.07) is 4.43. The fourth-order valence-electron chi connectivity index (χ4n) is 0.787. The van der Waals surface area contributed by atoms with E-state index in [0.29, 0.717) is 11.3 Å². The summed E-state index contributed by atoms with van der Waals surface area (Å²) in [5, 5.41) is 10.6. The van der Waals surface area contributed by atoms with Crippen LogP contribution in [0, 0.1) is 24.2 Å². The van der Waals surface area contributed by atoms with E-state index in [0.717, 1.165) is 0 Å². The van der Waals surface area contributed by atoms with Crippen LogP contribution in [0.1, 0.15) is 5.56 Å². The van der Waals surface area contributed by atoms with E-state index >= 15 is 0 Å². The number of rotatable bonds is 1. The first-order valence-corrected chi connectivity index (χ1v) is 3.15. The van der Waals surface area contributed by atoms with Crippen LogP contribution in [0.2, 0.25) is 0 Å². The van der Waals surface area contributed by atoms with Gasteiger partial charge in [0.1, 0.15) is 5.82 Å². The van der Waals surface area contributed by atoms with Crippen LogP contribution in [-0.2, 0) is 0 Å². The van der Waals surface area contributed by atoms with Gasteiger partial charge in [0.2, 0.25) is 0 Å². The largest absolute Gasteiger partial charge is 0.293 e. The number of hydrogen-bond donors (Lipinski definition) is 1. The lowest BCUT2D eigenvalue weighted by atomic mass is 10.2. The predicted molar refractivity (Wildman–Crippen MR) is 40.4 cm³/mol. The molecule has 1 N–H and O–H groups in total. The molecule has 0 radical (unpaired) electrons. The van der Waals surface area contributed by atoms with Crippen molar-refractivity contribution in [1.82, 2.24) is 0 Å². The molecule has 1 aromatic carbocycles. The number of nitrogens with zero attached hydrogens (tertiary/aromatic N) is 1. The zero-order valence-corrected chi connectivity index (χ0v) is 6.06. The molecule has 0 saturated heterocycles. The second-order valence-electron chi connectivity index (χ2n) is 2.20. The summed E-state index contributed by atoms with van der Waals surface area (Å²) in [7, 11) is 0. The number of halogens is 1. The molecule has 1 rings (SSSR count). The van der Waals surface area contributed by atoms with Gasteiger partial charge >= 0.3 is 0 Å². The average molecular weight is 150 g/mol. The molecule has 0 fully saturated rings. The molecule has 0 amide bonds. The van der Waals surface area contributed by atoms with Crippen LogP contribution in [0.25, 0.3) is 0 Å². The Bertz CT molecular complexity index is 301. The number of benzene rings is 1. The molecule has 0 aliphatic carbocycles. The van der Waals surface area contributed by atoms with E-state index in [1.165, 1.54) is 12.1 Å². The molecule has 2 nitrogen and oxygen atoms in total. The molecular weight excluding hydrogens is 143 g/mol. The molecular formula is C8H7FN2. The van der Waals surface area contributed by atoms with Crippen molar-refractivity contribution in [3.8, 4) is 6.19 Å². The van der Waals surface area contributed by atoms with Crippen LogP contribution in [-0.4, -0.2) is 0 Å². The summed E-state index contributed by atoms with van der Waals surface area (Å²) in [6.45, 7) is 1.65. The van der Waals surface area contributed by atoms with Gasteiger partial charge < -0.3 is 0 Å². The molecule has 0 atom stereocenters. The fraction of sp³-hybridized carbons (Fsp3) is 0.125. The smallest absolute Gasteiger partial charge is 0.181 e. The van der Waals surface area contributed by atoms with E-state index in [-0.39, 0.29) is 5.82 Å². The first-order chi connectivity index (χ1) is 5.24. The van der Waals surface area contributed by atoms with E-state index in [2.05, 4.69) is 5.32 Å². The Balaban J connectivity index is 2.98. The topological polar surface area (TPSA) is 35.8 Å². The van der Waals surface area contributed by atoms with Crippen molar-refractivity contribution in [1.29, 1.82) is 5.26 Å². The third kappa shape index (κ3) is 1.68. The molecule has 0 unspecified atom stereocenters. The van der Waals surface area contributed by atoms with Gasteiger partial charge in [0, 0.05) is 5.69 Å². The van der Waals surface area contributed by atoms with E-state index in [1.807, 2.05) is 0 Å². The van der Waals surface area contributed by atoms with Crippen molar-refractivity contribution in [2.24, 2.45) is 0 Å². The van der Waals surface area contributed by atoms with Crippen molar-refractivity contribution < 1.29 is 4.39 Å². The average Bonchev–Trinajstić information content (AvgIpc) is 1.98. The summed E-state index contributed by atoms with van der Waals surface area (Å²) in [6.07, 6.45) is 1.76. The molecule has 1 aromatic rings. The van der Waals surface area contributed by atoms with Crippen LogP contribution in [0.4, 0.5) is 10.1 Å². The Labute approximate surface area is 64.3 Å². The van der Waals surface area contributed by atoms with Gasteiger partial charge in [-0.2, -0.15) is 5.26 Å². The van der Waals surface area contributed by atoms with Crippen molar-refractivity contribution >= 4 is 5.69 Å². The maximum atomic E-state index is 12.6. The molecule has 0 heterocycles. The van der Waals surface area contributed by atoms with Crippen molar-refractivity contribution in [3.63, 3.8) is 0 Å². The number of anilines is 1. The van der Waals surface area contributed by atoms with Gasteiger partial charge in [0.25, 0.3) is 0 Å². The van der Waals surface area contributed by atoms with Gasteiger partial charge in [0.15, 0.2) is 6.19 Å². The minimum absolute atomic E-state index is 0.256. The summed E-state index contributed by atoms with van der Waals surface area (Å²) in [5.41, 5.74) is 1.15. The minimum atomic E-state index is -0.256. The Kier molecular flexibility index (Phi) is 2.07. The zero-order valence-electron chi connectivity index (χ0n) is 6.06. The number of aryl methyl sites for hydroxylation is 1. The highest BCUT2D eigenvalue weighted by molar-refractivity contribution is 5.48. The third-order valence-electron chi connectivity index (χ3n) is 1.36. The van der Waals surface area contributed by atoms with Gasteiger partial charge in [-0.05, 0) is 30.7 Å². The molecule has 56 valence electrons. The Hall–Kier alpha value is -1.56. The Morgan fingerprint density at radius 1 is 1.55 bits per heavy atom. The highest BCUT2D eigenvalue weighted by Crippen LogP contribution is 2.12. The summed E-state index contributed by atoms with van der Waals surface area (Å²) in [5.74, 6) is -0.256. The number of hydrogen-bond acceptors (Lipinski definition) is 2. The van der Waals surface area contributed by atoms with Crippen LogP contribution in [0.15, 0.2) is 18.2 Å². The normalized spacial score (nSPS) is 8.82. The van der Waals surface area contributed by atoms with E-state index in [1.54, 1.807) is 19.2 Å². The van der Waals surface area contributed by atoms with E-state index in [9.17, 15) is 4.39 Å². The fourth-order valence-corrected chi connectivity index (χ4v) is 0.787. The van der Waals surface area contributed by atoms with E-state index in [4.69, 9.17) is 5.26 Å². The van der Waals surface area contributed by atoms with E-state index < -0.39 is 0 Å². The summed E-state index contributed by atoms with van der Waals surface area (Å²) in [4.78, 5) is 0. The van der Waals surface area contributed by atoms with Gasteiger partial charge in [-0.1, -0.05) is 0 Å². The highest BCUT2D eigenvalue weighted by atomic mass is 19.1. The molecule has 0 aromatic heterocycles. The first kappa shape index (κ1) is 7.55. The summed E-state index contributed by atoms with van der Waals surface area (Å²) >= 11 is 0. The highest BCUT2D eigenvalue weighted by Gasteiger charge is 1.96. The second-order valence-corrected chi connectivity index (χ2v) is 2.20. The molecule has 11 heavy (non-hydrogen) atoms. The second kappa shape index (κ2) is 3.02. The van der Waals surface area contributed by atoms with Gasteiger partial charge in [-0.3, -0.25) is 5.32 Å². The molecule has 0 spiro atoms. The van der Waals surface area contributed by atoms with Crippen molar-refractivity contribution in [2.75, 3.05) is 5.32 Å². The SMILES string of the molecule is Cc1cc(NC#N)ccc1F. The maximum Gasteiger partial charge on any atom is 0.181 e. The van der Waals surface area contributed by atoms with Crippen molar-refractivity contribution in [2.45, 2.75) is 6.92 Å². The lowest BCUT2D eigenvalue weighted by Crippen LogP contribution is -1.89.